The minimum absolute atomic E-state index is 0.325. The van der Waals surface area contributed by atoms with Crippen LogP contribution >= 0.6 is 0 Å². The zero-order chi connectivity index (χ0) is 31.3. The van der Waals surface area contributed by atoms with E-state index < -0.39 is 30.6 Å². The number of alkyl halides is 3. The second-order valence-corrected chi connectivity index (χ2v) is 8.92. The van der Waals surface area contributed by atoms with Gasteiger partial charge >= 0.3 is 24.0 Å². The number of nitroso groups, excluding NO2 is 1. The number of hydrogen-bond donors (Lipinski definition) is 3. The summed E-state index contributed by atoms with van der Waals surface area (Å²) >= 11 is 0. The van der Waals surface area contributed by atoms with Gasteiger partial charge in [-0.2, -0.15) is 13.2 Å². The summed E-state index contributed by atoms with van der Waals surface area (Å²) in [5.41, 5.74) is 10.3. The molecule has 42 heavy (non-hydrogen) atoms. The van der Waals surface area contributed by atoms with Crippen molar-refractivity contribution in [2.45, 2.75) is 38.4 Å². The van der Waals surface area contributed by atoms with Crippen LogP contribution in [0.4, 0.5) is 18.9 Å². The van der Waals surface area contributed by atoms with E-state index >= 15 is 0 Å². The third-order valence-corrected chi connectivity index (χ3v) is 5.94. The Morgan fingerprint density at radius 2 is 1.45 bits per heavy atom. The highest BCUT2D eigenvalue weighted by molar-refractivity contribution is 6.08. The van der Waals surface area contributed by atoms with Crippen LogP contribution in [-0.4, -0.2) is 46.7 Å². The molecule has 10 nitrogen and oxygen atoms in total. The van der Waals surface area contributed by atoms with Gasteiger partial charge in [-0.05, 0) is 78.8 Å². The zero-order valence-corrected chi connectivity index (χ0v) is 22.2. The SMILES string of the molecule is NCc1cccc(C(=O)N(CC(=O)O)c2ccccc2)c1.O=C(O)C(F)(F)F.O=NC(=O)c1ccc2c(c1)CCCC2. The second-order valence-electron chi connectivity index (χ2n) is 8.92. The van der Waals surface area contributed by atoms with E-state index in [2.05, 4.69) is 5.18 Å². The molecule has 2 amide bonds. The molecule has 0 atom stereocenters. The summed E-state index contributed by atoms with van der Waals surface area (Å²) in [6, 6.07) is 21.0. The number of aliphatic carboxylic acids is 2. The third kappa shape index (κ3) is 10.2. The largest absolute Gasteiger partial charge is 0.490 e. The van der Waals surface area contributed by atoms with Gasteiger partial charge in [-0.25, -0.2) is 4.79 Å². The van der Waals surface area contributed by atoms with E-state index in [0.29, 0.717) is 23.4 Å². The van der Waals surface area contributed by atoms with Crippen molar-refractivity contribution in [3.63, 3.8) is 0 Å². The monoisotopic (exact) mass is 587 g/mol. The first kappa shape index (κ1) is 33.3. The molecule has 4 rings (SSSR count). The molecule has 0 spiro atoms. The summed E-state index contributed by atoms with van der Waals surface area (Å²) in [7, 11) is 0. The third-order valence-electron chi connectivity index (χ3n) is 5.94. The van der Waals surface area contributed by atoms with Gasteiger partial charge in [-0.15, -0.1) is 4.91 Å². The fourth-order valence-corrected chi connectivity index (χ4v) is 3.93. The minimum Gasteiger partial charge on any atom is -0.480 e. The molecule has 13 heteroatoms. The summed E-state index contributed by atoms with van der Waals surface area (Å²) in [4.78, 5) is 54.8. The van der Waals surface area contributed by atoms with Crippen LogP contribution < -0.4 is 10.6 Å². The maximum absolute atomic E-state index is 12.6. The number of carboxylic acid groups (broad SMARTS) is 2. The number of nitrogens with two attached hydrogens (primary N) is 1. The van der Waals surface area contributed by atoms with Gasteiger partial charge in [-0.1, -0.05) is 36.4 Å². The minimum atomic E-state index is -5.08. The Morgan fingerprint density at radius 3 is 2.00 bits per heavy atom. The van der Waals surface area contributed by atoms with Crippen molar-refractivity contribution in [3.8, 4) is 0 Å². The summed E-state index contributed by atoms with van der Waals surface area (Å²) < 4.78 is 31.7. The fraction of sp³-hybridized carbons (Fsp3) is 0.241. The number of hydrogen-bond acceptors (Lipinski definition) is 6. The van der Waals surface area contributed by atoms with Crippen molar-refractivity contribution in [1.82, 2.24) is 0 Å². The van der Waals surface area contributed by atoms with E-state index in [1.807, 2.05) is 18.2 Å². The average Bonchev–Trinajstić information content (AvgIpc) is 2.99. The summed E-state index contributed by atoms with van der Waals surface area (Å²) in [6.45, 7) is -0.0684. The van der Waals surface area contributed by atoms with Gasteiger partial charge in [0.05, 0.1) is 0 Å². The molecule has 0 fully saturated rings. The van der Waals surface area contributed by atoms with Crippen LogP contribution in [0.25, 0.3) is 0 Å². The normalized spacial score (nSPS) is 11.8. The maximum atomic E-state index is 12.6. The smallest absolute Gasteiger partial charge is 0.480 e. The lowest BCUT2D eigenvalue weighted by atomic mass is 9.90. The molecule has 0 heterocycles. The van der Waals surface area contributed by atoms with Gasteiger partial charge in [-0.3, -0.25) is 19.3 Å². The highest BCUT2D eigenvalue weighted by atomic mass is 19.4. The topological polar surface area (TPSA) is 167 Å². The number of carbonyl (C=O) groups is 4. The van der Waals surface area contributed by atoms with Crippen molar-refractivity contribution < 1.29 is 42.6 Å². The van der Waals surface area contributed by atoms with Gasteiger partial charge in [0.1, 0.15) is 6.54 Å². The number of aryl methyl sites for hydroxylation is 2. The number of carboxylic acids is 2. The highest BCUT2D eigenvalue weighted by Crippen LogP contribution is 2.22. The molecule has 3 aromatic rings. The number of nitrogens with zero attached hydrogens (tertiary/aromatic N) is 2. The van der Waals surface area contributed by atoms with Crippen LogP contribution in [-0.2, 0) is 29.0 Å². The molecule has 222 valence electrons. The number of rotatable bonds is 6. The summed E-state index contributed by atoms with van der Waals surface area (Å²) in [6.07, 6.45) is -0.612. The van der Waals surface area contributed by atoms with E-state index in [1.165, 1.54) is 28.9 Å². The first-order valence-corrected chi connectivity index (χ1v) is 12.5. The Bertz CT molecular complexity index is 1410. The lowest BCUT2D eigenvalue weighted by Gasteiger charge is -2.21. The van der Waals surface area contributed by atoms with E-state index in [0.717, 1.165) is 18.4 Å². The standard InChI is InChI=1S/C16H16N2O3.C11H11NO2.C2HF3O2/c17-10-12-5-4-6-13(9-12)16(21)18(11-15(19)20)14-7-2-1-3-8-14;13-11(12-14)10-6-5-8-3-1-2-4-9(8)7-10;3-2(4,5)1(6)7/h1-9H,10-11,17H2,(H,19,20);5-7H,1-4H2;(H,6,7). The second kappa shape index (κ2) is 15.8. The molecule has 1 aliphatic rings. The average molecular weight is 588 g/mol. The fourth-order valence-electron chi connectivity index (χ4n) is 3.93. The molecule has 0 radical (unpaired) electrons. The lowest BCUT2D eigenvalue weighted by molar-refractivity contribution is -0.192. The predicted octanol–water partition coefficient (Wildman–Crippen LogP) is 4.98. The predicted molar refractivity (Wildman–Crippen MR) is 147 cm³/mol. The molecule has 0 aromatic heterocycles. The molecule has 0 saturated carbocycles. The van der Waals surface area contributed by atoms with Crippen LogP contribution in [0.5, 0.6) is 0 Å². The molecule has 0 aliphatic heterocycles. The summed E-state index contributed by atoms with van der Waals surface area (Å²) in [5, 5.41) is 18.6. The Balaban J connectivity index is 0.000000252. The number of halogens is 3. The molecule has 1 aliphatic carbocycles. The van der Waals surface area contributed by atoms with Gasteiger partial charge in [0.2, 0.25) is 0 Å². The number of amides is 2. The van der Waals surface area contributed by atoms with Gasteiger partial charge < -0.3 is 15.9 Å². The van der Waals surface area contributed by atoms with Crippen LogP contribution in [0, 0.1) is 4.91 Å². The van der Waals surface area contributed by atoms with Crippen molar-refractivity contribution in [3.05, 3.63) is 106 Å². The van der Waals surface area contributed by atoms with E-state index in [1.54, 1.807) is 54.6 Å². The first-order chi connectivity index (χ1) is 19.9. The number of benzene rings is 3. The molecule has 0 saturated heterocycles. The summed E-state index contributed by atoms with van der Waals surface area (Å²) in [5.74, 6) is -4.85. The Kier molecular flexibility index (Phi) is 12.5. The Hall–Kier alpha value is -4.91. The van der Waals surface area contributed by atoms with Crippen molar-refractivity contribution in [2.24, 2.45) is 10.9 Å². The lowest BCUT2D eigenvalue weighted by Crippen LogP contribution is -2.35. The van der Waals surface area contributed by atoms with Gasteiger partial charge in [0, 0.05) is 28.5 Å². The zero-order valence-electron chi connectivity index (χ0n) is 22.2. The molecule has 4 N–H and O–H groups in total. The Morgan fingerprint density at radius 1 is 0.833 bits per heavy atom. The number of carbonyl (C=O) groups excluding carboxylic acids is 2. The van der Waals surface area contributed by atoms with Crippen LogP contribution in [0.15, 0.2) is 78.0 Å². The van der Waals surface area contributed by atoms with Crippen LogP contribution in [0.2, 0.25) is 0 Å². The Labute approximate surface area is 238 Å². The molecular formula is C29H28F3N3O7. The number of para-hydroxylation sites is 1. The van der Waals surface area contributed by atoms with Crippen molar-refractivity contribution in [2.75, 3.05) is 11.4 Å². The van der Waals surface area contributed by atoms with E-state index in [-0.39, 0.29) is 5.91 Å². The number of fused-ring (bicyclic) bond motifs is 1. The highest BCUT2D eigenvalue weighted by Gasteiger charge is 2.38. The van der Waals surface area contributed by atoms with Gasteiger partial charge in [0.25, 0.3) is 5.91 Å². The van der Waals surface area contributed by atoms with Crippen LogP contribution in [0.3, 0.4) is 0 Å². The maximum Gasteiger partial charge on any atom is 0.490 e. The molecule has 0 unspecified atom stereocenters. The quantitative estimate of drug-likeness (QED) is 0.339. The molecule has 0 bridgehead atoms. The van der Waals surface area contributed by atoms with Crippen molar-refractivity contribution >= 4 is 29.4 Å². The molecule has 3 aromatic carbocycles. The molecular weight excluding hydrogens is 559 g/mol. The van der Waals surface area contributed by atoms with Gasteiger partial charge in [0.15, 0.2) is 0 Å². The van der Waals surface area contributed by atoms with E-state index in [4.69, 9.17) is 20.7 Å². The van der Waals surface area contributed by atoms with Crippen LogP contribution in [0.1, 0.15) is 50.2 Å². The first-order valence-electron chi connectivity index (χ1n) is 12.5. The number of anilines is 1. The van der Waals surface area contributed by atoms with Crippen molar-refractivity contribution in [1.29, 1.82) is 0 Å². The van der Waals surface area contributed by atoms with E-state index in [9.17, 15) is 32.5 Å².